The number of likely N-dealkylation sites (N-methyl/N-ethyl adjacent to an activating group) is 1. The first-order valence-electron chi connectivity index (χ1n) is 10.8. The third kappa shape index (κ3) is 7.27. The summed E-state index contributed by atoms with van der Waals surface area (Å²) in [6, 6.07) is 0.714. The molecule has 0 amide bonds. The Morgan fingerprint density at radius 1 is 1.12 bits per heavy atom. The van der Waals surface area contributed by atoms with Gasteiger partial charge in [-0.3, -0.25) is 4.90 Å². The molecule has 0 aliphatic heterocycles. The number of ether oxygens (including phenoxy) is 1. The van der Waals surface area contributed by atoms with Crippen LogP contribution in [0.25, 0.3) is 0 Å². The van der Waals surface area contributed by atoms with Crippen molar-refractivity contribution in [3.8, 4) is 0 Å². The average molecular weight is 478 g/mol. The number of rotatable bonds is 13. The van der Waals surface area contributed by atoms with E-state index in [4.69, 9.17) is 4.74 Å². The second kappa shape index (κ2) is 14.2. The van der Waals surface area contributed by atoms with E-state index in [-0.39, 0.29) is 30.1 Å². The molecule has 1 rings (SSSR count). The van der Waals surface area contributed by atoms with Gasteiger partial charge in [-0.15, -0.1) is 24.0 Å². The Kier molecular flexibility index (Phi) is 14.2. The van der Waals surface area contributed by atoms with Crippen LogP contribution in [-0.2, 0) is 4.74 Å². The standard InChI is InChI=1S/C23H43NO.HI/c1-7-13-21(8-2)24(12-6)18-19-25-22-16-14-20(15-17-22)23(9-3,10-4)11-5;/h14-16,21-22H,7-13,17-19H2,1-6H3;1H. The molecule has 3 heteroatoms. The highest BCUT2D eigenvalue weighted by Crippen LogP contribution is 2.40. The van der Waals surface area contributed by atoms with Crippen molar-refractivity contribution in [2.24, 2.45) is 5.41 Å². The molecule has 0 aromatic heterocycles. The SMILES string of the molecule is CCCC(CC)N(CC)CCOC1C=CC(C(CC)(CC)CC)=CC1.I. The third-order valence-electron chi connectivity index (χ3n) is 6.43. The van der Waals surface area contributed by atoms with E-state index < -0.39 is 0 Å². The molecule has 26 heavy (non-hydrogen) atoms. The molecule has 0 saturated heterocycles. The van der Waals surface area contributed by atoms with Gasteiger partial charge in [0.25, 0.3) is 0 Å². The van der Waals surface area contributed by atoms with Gasteiger partial charge < -0.3 is 4.74 Å². The summed E-state index contributed by atoms with van der Waals surface area (Å²) in [5.41, 5.74) is 1.90. The van der Waals surface area contributed by atoms with Gasteiger partial charge in [0.1, 0.15) is 0 Å². The zero-order chi connectivity index (χ0) is 18.7. The average Bonchev–Trinajstić information content (AvgIpc) is 2.66. The second-order valence-corrected chi connectivity index (χ2v) is 7.48. The van der Waals surface area contributed by atoms with Crippen molar-refractivity contribution < 1.29 is 4.74 Å². The Morgan fingerprint density at radius 2 is 1.77 bits per heavy atom. The lowest BCUT2D eigenvalue weighted by molar-refractivity contribution is 0.0533. The van der Waals surface area contributed by atoms with Crippen LogP contribution >= 0.6 is 24.0 Å². The molecule has 2 unspecified atom stereocenters. The Morgan fingerprint density at radius 3 is 2.19 bits per heavy atom. The molecule has 0 heterocycles. The van der Waals surface area contributed by atoms with E-state index in [1.54, 1.807) is 0 Å². The van der Waals surface area contributed by atoms with Gasteiger partial charge in [-0.2, -0.15) is 0 Å². The van der Waals surface area contributed by atoms with Crippen molar-refractivity contribution in [3.05, 3.63) is 23.8 Å². The number of hydrogen-bond donors (Lipinski definition) is 0. The van der Waals surface area contributed by atoms with E-state index in [0.29, 0.717) is 11.5 Å². The van der Waals surface area contributed by atoms with Gasteiger partial charge >= 0.3 is 0 Å². The minimum Gasteiger partial charge on any atom is -0.372 e. The van der Waals surface area contributed by atoms with Crippen LogP contribution in [0, 0.1) is 5.41 Å². The summed E-state index contributed by atoms with van der Waals surface area (Å²) in [6.45, 7) is 16.9. The molecule has 0 aromatic carbocycles. The van der Waals surface area contributed by atoms with E-state index >= 15 is 0 Å². The first kappa shape index (κ1) is 26.1. The van der Waals surface area contributed by atoms with E-state index in [9.17, 15) is 0 Å². The maximum atomic E-state index is 6.18. The highest BCUT2D eigenvalue weighted by atomic mass is 127. The molecule has 0 bridgehead atoms. The number of halogens is 1. The molecular formula is C23H44INO. The number of nitrogens with zero attached hydrogens (tertiary/aromatic N) is 1. The predicted octanol–water partition coefficient (Wildman–Crippen LogP) is 6.99. The van der Waals surface area contributed by atoms with Crippen molar-refractivity contribution in [2.45, 2.75) is 98.6 Å². The van der Waals surface area contributed by atoms with E-state index in [2.05, 4.69) is 64.7 Å². The van der Waals surface area contributed by atoms with Crippen LogP contribution in [0.15, 0.2) is 23.8 Å². The highest BCUT2D eigenvalue weighted by Gasteiger charge is 2.28. The Labute approximate surface area is 180 Å². The minimum absolute atomic E-state index is 0. The fourth-order valence-corrected chi connectivity index (χ4v) is 4.38. The van der Waals surface area contributed by atoms with E-state index in [1.807, 2.05) is 0 Å². The molecule has 0 spiro atoms. The van der Waals surface area contributed by atoms with Gasteiger partial charge in [-0.05, 0) is 56.1 Å². The summed E-state index contributed by atoms with van der Waals surface area (Å²) in [6.07, 6.45) is 15.8. The summed E-state index contributed by atoms with van der Waals surface area (Å²) >= 11 is 0. The molecule has 0 fully saturated rings. The third-order valence-corrected chi connectivity index (χ3v) is 6.43. The second-order valence-electron chi connectivity index (χ2n) is 7.48. The zero-order valence-corrected chi connectivity index (χ0v) is 20.6. The molecule has 154 valence electrons. The summed E-state index contributed by atoms with van der Waals surface area (Å²) in [7, 11) is 0. The molecule has 0 radical (unpaired) electrons. The maximum absolute atomic E-state index is 6.18. The van der Waals surface area contributed by atoms with Crippen LogP contribution in [0.1, 0.15) is 86.5 Å². The molecule has 1 aliphatic rings. The minimum atomic E-state index is 0. The molecule has 2 atom stereocenters. The monoisotopic (exact) mass is 477 g/mol. The lowest BCUT2D eigenvalue weighted by atomic mass is 9.72. The van der Waals surface area contributed by atoms with Gasteiger partial charge in [0, 0.05) is 12.6 Å². The summed E-state index contributed by atoms with van der Waals surface area (Å²) < 4.78 is 6.18. The van der Waals surface area contributed by atoms with Crippen molar-refractivity contribution in [1.29, 1.82) is 0 Å². The van der Waals surface area contributed by atoms with Crippen LogP contribution in [0.5, 0.6) is 0 Å². The Bertz CT molecular complexity index is 406. The highest BCUT2D eigenvalue weighted by molar-refractivity contribution is 14.0. The summed E-state index contributed by atoms with van der Waals surface area (Å²) in [5.74, 6) is 0. The van der Waals surface area contributed by atoms with Gasteiger partial charge in [-0.25, -0.2) is 0 Å². The van der Waals surface area contributed by atoms with Crippen molar-refractivity contribution in [3.63, 3.8) is 0 Å². The first-order chi connectivity index (χ1) is 12.1. The number of hydrogen-bond acceptors (Lipinski definition) is 2. The van der Waals surface area contributed by atoms with Crippen molar-refractivity contribution in [2.75, 3.05) is 19.7 Å². The quantitative estimate of drug-likeness (QED) is 0.265. The van der Waals surface area contributed by atoms with Crippen LogP contribution in [-0.4, -0.2) is 36.7 Å². The summed E-state index contributed by atoms with van der Waals surface area (Å²) in [4.78, 5) is 2.59. The molecule has 1 aliphatic carbocycles. The van der Waals surface area contributed by atoms with Gasteiger partial charge in [-0.1, -0.05) is 66.2 Å². The Hall–Kier alpha value is 0.130. The Balaban J connectivity index is 0.00000625. The van der Waals surface area contributed by atoms with Crippen LogP contribution in [0.2, 0.25) is 0 Å². The lowest BCUT2D eigenvalue weighted by Gasteiger charge is -2.34. The summed E-state index contributed by atoms with van der Waals surface area (Å²) in [5, 5.41) is 0. The van der Waals surface area contributed by atoms with Crippen LogP contribution in [0.3, 0.4) is 0 Å². The number of allylic oxidation sites excluding steroid dienone is 2. The van der Waals surface area contributed by atoms with Crippen molar-refractivity contribution >= 4 is 24.0 Å². The van der Waals surface area contributed by atoms with E-state index in [1.165, 1.54) is 44.1 Å². The smallest absolute Gasteiger partial charge is 0.0794 e. The fraction of sp³-hybridized carbons (Fsp3) is 0.826. The molecule has 0 aromatic rings. The fourth-order valence-electron chi connectivity index (χ4n) is 4.38. The van der Waals surface area contributed by atoms with Gasteiger partial charge in [0.05, 0.1) is 12.7 Å². The van der Waals surface area contributed by atoms with Gasteiger partial charge in [0.15, 0.2) is 0 Å². The lowest BCUT2D eigenvalue weighted by Crippen LogP contribution is -2.37. The topological polar surface area (TPSA) is 12.5 Å². The molecule has 0 N–H and O–H groups in total. The van der Waals surface area contributed by atoms with Gasteiger partial charge in [0.2, 0.25) is 0 Å². The van der Waals surface area contributed by atoms with Crippen LogP contribution < -0.4 is 0 Å². The van der Waals surface area contributed by atoms with E-state index in [0.717, 1.165) is 26.1 Å². The normalized spacial score (nSPS) is 18.6. The molecule has 0 saturated carbocycles. The van der Waals surface area contributed by atoms with Crippen LogP contribution in [0.4, 0.5) is 0 Å². The molecule has 2 nitrogen and oxygen atoms in total. The predicted molar refractivity (Wildman–Crippen MR) is 127 cm³/mol. The maximum Gasteiger partial charge on any atom is 0.0794 e. The first-order valence-corrected chi connectivity index (χ1v) is 10.8. The largest absolute Gasteiger partial charge is 0.372 e. The van der Waals surface area contributed by atoms with Crippen molar-refractivity contribution in [1.82, 2.24) is 4.90 Å². The zero-order valence-electron chi connectivity index (χ0n) is 18.2. The molecular weight excluding hydrogens is 433 g/mol.